The number of halogens is 3. The van der Waals surface area contributed by atoms with Gasteiger partial charge in [0.2, 0.25) is 0 Å². The van der Waals surface area contributed by atoms with Gasteiger partial charge in [-0.25, -0.2) is 0 Å². The second-order valence-corrected chi connectivity index (χ2v) is 8.10. The lowest BCUT2D eigenvalue weighted by atomic mass is 9.96. The van der Waals surface area contributed by atoms with Crippen LogP contribution in [0, 0.1) is 6.92 Å². The van der Waals surface area contributed by atoms with Gasteiger partial charge < -0.3 is 24.8 Å². The van der Waals surface area contributed by atoms with E-state index in [1.807, 2.05) is 12.1 Å². The predicted octanol–water partition coefficient (Wildman–Crippen LogP) is -0.211. The topological polar surface area (TPSA) is 6.48 Å². The Kier molecular flexibility index (Phi) is 9.67. The zero-order valence-corrected chi connectivity index (χ0v) is 19.4. The molecule has 160 valence electrons. The van der Waals surface area contributed by atoms with E-state index in [0.717, 1.165) is 37.7 Å². The van der Waals surface area contributed by atoms with E-state index < -0.39 is 0 Å². The summed E-state index contributed by atoms with van der Waals surface area (Å²) in [4.78, 5) is 5.17. The molecule has 4 rings (SSSR count). The Balaban J connectivity index is 0.00000240. The van der Waals surface area contributed by atoms with Gasteiger partial charge in [0, 0.05) is 37.7 Å². The third kappa shape index (κ3) is 6.23. The second-order valence-electron chi connectivity index (χ2n) is 7.67. The molecule has 2 nitrogen and oxygen atoms in total. The molecule has 1 unspecified atom stereocenters. The maximum atomic E-state index is 6.14. The first-order chi connectivity index (χ1) is 13.7. The number of hydrogen-bond donors (Lipinski definition) is 0. The van der Waals surface area contributed by atoms with E-state index in [4.69, 9.17) is 11.6 Å². The van der Waals surface area contributed by atoms with E-state index in [1.165, 1.54) is 22.3 Å². The molecular formula is C25H29Cl3N2. The van der Waals surface area contributed by atoms with E-state index in [1.54, 1.807) is 0 Å². The van der Waals surface area contributed by atoms with Crippen LogP contribution in [0.1, 0.15) is 31.1 Å². The summed E-state index contributed by atoms with van der Waals surface area (Å²) in [5, 5.41) is 0.790. The van der Waals surface area contributed by atoms with Crippen molar-refractivity contribution in [2.24, 2.45) is 0 Å². The van der Waals surface area contributed by atoms with Crippen molar-refractivity contribution in [1.29, 1.82) is 0 Å². The highest BCUT2D eigenvalue weighted by Gasteiger charge is 2.26. The molecule has 3 aromatic rings. The number of nitrogens with zero attached hydrogens (tertiary/aromatic N) is 2. The molecule has 1 aliphatic heterocycles. The smallest absolute Gasteiger partial charge is 1.00 e. The van der Waals surface area contributed by atoms with Crippen molar-refractivity contribution in [2.45, 2.75) is 19.5 Å². The summed E-state index contributed by atoms with van der Waals surface area (Å²) in [6.07, 6.45) is 0. The fraction of sp³-hybridized carbons (Fsp3) is 0.280. The van der Waals surface area contributed by atoms with Crippen molar-refractivity contribution in [3.8, 4) is 0 Å². The molecule has 0 N–H and O–H groups in total. The van der Waals surface area contributed by atoms with Crippen LogP contribution < -0.4 is 24.8 Å². The maximum absolute atomic E-state index is 6.14. The second kappa shape index (κ2) is 11.7. The number of benzene rings is 3. The lowest BCUT2D eigenvalue weighted by Gasteiger charge is -2.40. The number of piperazine rings is 1. The fourth-order valence-electron chi connectivity index (χ4n) is 4.14. The van der Waals surface area contributed by atoms with Crippen LogP contribution in [0.15, 0.2) is 78.9 Å². The van der Waals surface area contributed by atoms with Crippen LogP contribution in [-0.4, -0.2) is 36.0 Å². The number of hydrogen-bond acceptors (Lipinski definition) is 2. The molecule has 0 aromatic heterocycles. The number of aryl methyl sites for hydroxylation is 1. The Morgan fingerprint density at radius 1 is 0.800 bits per heavy atom. The van der Waals surface area contributed by atoms with E-state index in [0.29, 0.717) is 0 Å². The maximum Gasteiger partial charge on any atom is 1.00 e. The molecule has 0 aliphatic carbocycles. The van der Waals surface area contributed by atoms with E-state index >= 15 is 0 Å². The van der Waals surface area contributed by atoms with Crippen molar-refractivity contribution >= 4 is 11.6 Å². The minimum absolute atomic E-state index is 0. The summed E-state index contributed by atoms with van der Waals surface area (Å²) in [5.41, 5.74) is 5.40. The summed E-state index contributed by atoms with van der Waals surface area (Å²) in [6, 6.07) is 28.3. The normalized spacial score (nSPS) is 15.7. The summed E-state index contributed by atoms with van der Waals surface area (Å²) in [7, 11) is 0. The third-order valence-corrected chi connectivity index (χ3v) is 5.81. The van der Waals surface area contributed by atoms with Crippen molar-refractivity contribution in [2.75, 3.05) is 26.2 Å². The van der Waals surface area contributed by atoms with Crippen LogP contribution in [0.2, 0.25) is 5.02 Å². The molecule has 1 saturated heterocycles. The standard InChI is InChI=1S/C25H27ClN2.2ClH/c1-20-6-5-7-21(18-20)19-27-14-16-28(17-15-27)25(22-8-3-2-4-9-22)23-10-12-24(26)13-11-23;;/h2-13,18,25H,14-17,19H2,1H3;2*1H. The van der Waals surface area contributed by atoms with Crippen molar-refractivity contribution in [3.05, 3.63) is 106 Å². The van der Waals surface area contributed by atoms with Gasteiger partial charge in [0.25, 0.3) is 0 Å². The van der Waals surface area contributed by atoms with E-state index in [2.05, 4.69) is 83.5 Å². The van der Waals surface area contributed by atoms with Gasteiger partial charge in [-0.3, -0.25) is 9.80 Å². The van der Waals surface area contributed by atoms with Gasteiger partial charge in [-0.1, -0.05) is 83.9 Å². The SMILES string of the molecule is Cc1cccc(CN2CCN(C(c3ccccc3)c3ccc(Cl)cc3)CC2)c1.[Cl-].[Cl-].[H+].[H+]. The molecule has 0 radical (unpaired) electrons. The van der Waals surface area contributed by atoms with E-state index in [-0.39, 0.29) is 33.7 Å². The minimum atomic E-state index is 0. The first-order valence-corrected chi connectivity index (χ1v) is 10.4. The van der Waals surface area contributed by atoms with Crippen LogP contribution >= 0.6 is 11.6 Å². The fourth-order valence-corrected chi connectivity index (χ4v) is 4.27. The van der Waals surface area contributed by atoms with Crippen molar-refractivity contribution < 1.29 is 27.7 Å². The monoisotopic (exact) mass is 462 g/mol. The van der Waals surface area contributed by atoms with Crippen LogP contribution in [0.5, 0.6) is 0 Å². The molecular weight excluding hydrogens is 435 g/mol. The summed E-state index contributed by atoms with van der Waals surface area (Å²) < 4.78 is 0. The van der Waals surface area contributed by atoms with Crippen molar-refractivity contribution in [1.82, 2.24) is 9.80 Å². The largest absolute Gasteiger partial charge is 1.00 e. The van der Waals surface area contributed by atoms with Crippen LogP contribution in [0.4, 0.5) is 0 Å². The molecule has 0 saturated carbocycles. The lowest BCUT2D eigenvalue weighted by molar-refractivity contribution is -0.001000. The Morgan fingerprint density at radius 2 is 1.43 bits per heavy atom. The quantitative estimate of drug-likeness (QED) is 0.517. The summed E-state index contributed by atoms with van der Waals surface area (Å²) >= 11 is 6.14. The number of rotatable bonds is 5. The zero-order valence-electron chi connectivity index (χ0n) is 19.1. The van der Waals surface area contributed by atoms with Gasteiger partial charge in [-0.2, -0.15) is 0 Å². The predicted molar refractivity (Wildman–Crippen MR) is 120 cm³/mol. The van der Waals surface area contributed by atoms with Gasteiger partial charge in [0.15, 0.2) is 0 Å². The van der Waals surface area contributed by atoms with E-state index in [9.17, 15) is 0 Å². The molecule has 3 aromatic carbocycles. The average molecular weight is 464 g/mol. The lowest BCUT2D eigenvalue weighted by Crippen LogP contribution is -3.00. The van der Waals surface area contributed by atoms with Crippen LogP contribution in [-0.2, 0) is 6.54 Å². The van der Waals surface area contributed by atoms with Gasteiger partial charge in [-0.15, -0.1) is 0 Å². The van der Waals surface area contributed by atoms with Crippen molar-refractivity contribution in [3.63, 3.8) is 0 Å². The molecule has 1 atom stereocenters. The molecule has 1 heterocycles. The third-order valence-electron chi connectivity index (χ3n) is 5.56. The first-order valence-electron chi connectivity index (χ1n) is 10.0. The highest BCUT2D eigenvalue weighted by atomic mass is 35.5. The minimum Gasteiger partial charge on any atom is -1.00 e. The summed E-state index contributed by atoms with van der Waals surface area (Å²) in [5.74, 6) is 0. The van der Waals surface area contributed by atoms with Gasteiger partial charge in [-0.05, 0) is 35.7 Å². The first kappa shape index (κ1) is 24.7. The Hall–Kier alpha value is -1.55. The highest BCUT2D eigenvalue weighted by molar-refractivity contribution is 6.30. The molecule has 0 amide bonds. The highest BCUT2D eigenvalue weighted by Crippen LogP contribution is 2.30. The molecule has 5 heteroatoms. The molecule has 0 spiro atoms. The average Bonchev–Trinajstić information content (AvgIpc) is 2.72. The Morgan fingerprint density at radius 3 is 2.07 bits per heavy atom. The van der Waals surface area contributed by atoms with Gasteiger partial charge in [0.1, 0.15) is 0 Å². The zero-order chi connectivity index (χ0) is 19.3. The molecule has 1 fully saturated rings. The van der Waals surface area contributed by atoms with Crippen LogP contribution in [0.25, 0.3) is 0 Å². The summed E-state index contributed by atoms with van der Waals surface area (Å²) in [6.45, 7) is 7.50. The van der Waals surface area contributed by atoms with Crippen LogP contribution in [0.3, 0.4) is 0 Å². The Labute approximate surface area is 200 Å². The molecule has 0 bridgehead atoms. The molecule has 1 aliphatic rings. The molecule has 30 heavy (non-hydrogen) atoms. The van der Waals surface area contributed by atoms with Gasteiger partial charge in [0.05, 0.1) is 6.04 Å². The Bertz CT molecular complexity index is 903. The van der Waals surface area contributed by atoms with Gasteiger partial charge >= 0.3 is 2.85 Å².